The number of hydrogen-bond donors (Lipinski definition) is 1. The fourth-order valence-corrected chi connectivity index (χ4v) is 3.74. The van der Waals surface area contributed by atoms with E-state index in [0.29, 0.717) is 34.7 Å². The number of piperidine rings is 1. The van der Waals surface area contributed by atoms with Crippen LogP contribution in [0.25, 0.3) is 0 Å². The van der Waals surface area contributed by atoms with E-state index in [1.807, 2.05) is 11.0 Å². The lowest BCUT2D eigenvalue weighted by Crippen LogP contribution is -2.32. The molecule has 140 valence electrons. The summed E-state index contributed by atoms with van der Waals surface area (Å²) in [5, 5.41) is 4.37. The van der Waals surface area contributed by atoms with Gasteiger partial charge in [0.25, 0.3) is 0 Å². The molecule has 0 aromatic heterocycles. The monoisotopic (exact) mass is 406 g/mol. The highest BCUT2D eigenvalue weighted by atomic mass is 35.5. The van der Waals surface area contributed by atoms with Gasteiger partial charge in [-0.15, -0.1) is 12.4 Å². The molecule has 1 atom stereocenters. The van der Waals surface area contributed by atoms with Crippen molar-refractivity contribution in [1.82, 2.24) is 10.2 Å². The lowest BCUT2D eigenvalue weighted by Gasteiger charge is -2.23. The van der Waals surface area contributed by atoms with Crippen molar-refractivity contribution in [3.8, 4) is 5.75 Å². The van der Waals surface area contributed by atoms with Crippen LogP contribution in [-0.2, 0) is 4.79 Å². The normalized spacial score (nSPS) is 21.0. The van der Waals surface area contributed by atoms with Gasteiger partial charge in [-0.2, -0.15) is 0 Å². The first-order chi connectivity index (χ1) is 11.6. The van der Waals surface area contributed by atoms with Crippen molar-refractivity contribution in [1.29, 1.82) is 0 Å². The van der Waals surface area contributed by atoms with Gasteiger partial charge < -0.3 is 15.0 Å². The van der Waals surface area contributed by atoms with Crippen LogP contribution in [0.2, 0.25) is 10.0 Å². The molecule has 2 aliphatic rings. The van der Waals surface area contributed by atoms with Crippen LogP contribution in [0, 0.1) is 5.92 Å². The van der Waals surface area contributed by atoms with Crippen LogP contribution in [0.1, 0.15) is 32.1 Å². The number of nitrogens with one attached hydrogen (secondary N) is 1. The highest BCUT2D eigenvalue weighted by Gasteiger charge is 2.28. The molecular formula is C18H25Cl3N2O2. The van der Waals surface area contributed by atoms with Crippen molar-refractivity contribution in [2.45, 2.75) is 38.2 Å². The summed E-state index contributed by atoms with van der Waals surface area (Å²) in [6.45, 7) is 3.60. The number of ether oxygens (including phenoxy) is 1. The first-order valence-corrected chi connectivity index (χ1v) is 9.47. The number of likely N-dealkylation sites (tertiary alicyclic amines) is 1. The zero-order valence-electron chi connectivity index (χ0n) is 14.2. The average Bonchev–Trinajstić information content (AvgIpc) is 3.05. The topological polar surface area (TPSA) is 41.6 Å². The lowest BCUT2D eigenvalue weighted by atomic mass is 9.93. The summed E-state index contributed by atoms with van der Waals surface area (Å²) in [4.78, 5) is 14.3. The second-order valence-corrected chi connectivity index (χ2v) is 7.49. The van der Waals surface area contributed by atoms with E-state index in [-0.39, 0.29) is 24.4 Å². The van der Waals surface area contributed by atoms with Crippen LogP contribution in [0.3, 0.4) is 0 Å². The third-order valence-electron chi connectivity index (χ3n) is 4.92. The molecule has 0 bridgehead atoms. The predicted molar refractivity (Wildman–Crippen MR) is 104 cm³/mol. The van der Waals surface area contributed by atoms with Crippen LogP contribution < -0.4 is 10.1 Å². The molecule has 2 heterocycles. The van der Waals surface area contributed by atoms with E-state index in [9.17, 15) is 4.79 Å². The highest BCUT2D eigenvalue weighted by molar-refractivity contribution is 6.42. The maximum absolute atomic E-state index is 12.4. The van der Waals surface area contributed by atoms with Crippen LogP contribution in [0.4, 0.5) is 0 Å². The van der Waals surface area contributed by atoms with Crippen LogP contribution >= 0.6 is 35.6 Å². The summed E-state index contributed by atoms with van der Waals surface area (Å²) >= 11 is 11.9. The van der Waals surface area contributed by atoms with E-state index in [2.05, 4.69) is 5.32 Å². The number of nitrogens with zero attached hydrogens (tertiary/aromatic N) is 1. The van der Waals surface area contributed by atoms with Crippen LogP contribution in [0.15, 0.2) is 18.2 Å². The standard InChI is InChI=1S/C18H24Cl2N2O2.ClH/c19-16-3-2-14(11-17(16)20)24-15-7-10-22(12-15)18(23)4-1-13-5-8-21-9-6-13;/h2-3,11,13,15,21H,1,4-10,12H2;1H. The number of amides is 1. The van der Waals surface area contributed by atoms with Crippen LogP contribution in [-0.4, -0.2) is 43.1 Å². The Labute approximate surface area is 165 Å². The van der Waals surface area contributed by atoms with Gasteiger partial charge in [-0.3, -0.25) is 4.79 Å². The average molecular weight is 408 g/mol. The van der Waals surface area contributed by atoms with Gasteiger partial charge in [0.15, 0.2) is 0 Å². The minimum Gasteiger partial charge on any atom is -0.488 e. The van der Waals surface area contributed by atoms with E-state index in [4.69, 9.17) is 27.9 Å². The van der Waals surface area contributed by atoms with Gasteiger partial charge in [0.2, 0.25) is 5.91 Å². The van der Waals surface area contributed by atoms with Crippen LogP contribution in [0.5, 0.6) is 5.75 Å². The molecule has 0 radical (unpaired) electrons. The number of halogens is 3. The quantitative estimate of drug-likeness (QED) is 0.796. The van der Waals surface area contributed by atoms with E-state index in [0.717, 1.165) is 32.5 Å². The molecule has 7 heteroatoms. The fourth-order valence-electron chi connectivity index (χ4n) is 3.45. The smallest absolute Gasteiger partial charge is 0.222 e. The summed E-state index contributed by atoms with van der Waals surface area (Å²) < 4.78 is 5.94. The van der Waals surface area contributed by atoms with E-state index < -0.39 is 0 Å². The summed E-state index contributed by atoms with van der Waals surface area (Å²) in [5.41, 5.74) is 0. The Hall–Kier alpha value is -0.680. The molecule has 0 saturated carbocycles. The SMILES string of the molecule is Cl.O=C(CCC1CCNCC1)N1CCC(Oc2ccc(Cl)c(Cl)c2)C1. The number of rotatable bonds is 5. The summed E-state index contributed by atoms with van der Waals surface area (Å²) in [6.07, 6.45) is 4.94. The van der Waals surface area contributed by atoms with Crippen molar-refractivity contribution < 1.29 is 9.53 Å². The summed E-state index contributed by atoms with van der Waals surface area (Å²) in [5.74, 6) is 1.66. The number of benzene rings is 1. The second kappa shape index (κ2) is 9.86. The first kappa shape index (κ1) is 20.6. The molecule has 1 aromatic carbocycles. The molecule has 0 spiro atoms. The third-order valence-corrected chi connectivity index (χ3v) is 5.66. The molecule has 0 aliphatic carbocycles. The molecule has 3 rings (SSSR count). The van der Waals surface area contributed by atoms with Gasteiger partial charge in [0, 0.05) is 25.5 Å². The Morgan fingerprint density at radius 3 is 2.68 bits per heavy atom. The lowest BCUT2D eigenvalue weighted by molar-refractivity contribution is -0.130. The zero-order valence-corrected chi connectivity index (χ0v) is 16.5. The molecule has 1 amide bonds. The minimum absolute atomic E-state index is 0. The molecule has 2 fully saturated rings. The van der Waals surface area contributed by atoms with E-state index >= 15 is 0 Å². The Morgan fingerprint density at radius 2 is 1.96 bits per heavy atom. The van der Waals surface area contributed by atoms with Gasteiger partial charge in [-0.25, -0.2) is 0 Å². The number of carbonyl (C=O) groups is 1. The zero-order chi connectivity index (χ0) is 16.9. The second-order valence-electron chi connectivity index (χ2n) is 6.68. The van der Waals surface area contributed by atoms with Gasteiger partial charge in [0.1, 0.15) is 11.9 Å². The predicted octanol–water partition coefficient (Wildman–Crippen LogP) is 4.17. The van der Waals surface area contributed by atoms with Gasteiger partial charge >= 0.3 is 0 Å². The summed E-state index contributed by atoms with van der Waals surface area (Å²) in [6, 6.07) is 5.28. The Kier molecular flexibility index (Phi) is 8.14. The maximum Gasteiger partial charge on any atom is 0.222 e. The fraction of sp³-hybridized carbons (Fsp3) is 0.611. The number of hydrogen-bond acceptors (Lipinski definition) is 3. The Morgan fingerprint density at radius 1 is 1.20 bits per heavy atom. The third kappa shape index (κ3) is 5.92. The largest absolute Gasteiger partial charge is 0.488 e. The molecule has 1 N–H and O–H groups in total. The van der Waals surface area contributed by atoms with Gasteiger partial charge in [-0.05, 0) is 50.4 Å². The van der Waals surface area contributed by atoms with Crippen molar-refractivity contribution in [3.63, 3.8) is 0 Å². The molecule has 25 heavy (non-hydrogen) atoms. The van der Waals surface area contributed by atoms with Gasteiger partial charge in [0.05, 0.1) is 16.6 Å². The first-order valence-electron chi connectivity index (χ1n) is 8.72. The summed E-state index contributed by atoms with van der Waals surface area (Å²) in [7, 11) is 0. The Bertz CT molecular complexity index is 579. The molecule has 1 unspecified atom stereocenters. The number of carbonyl (C=O) groups excluding carboxylic acids is 1. The van der Waals surface area contributed by atoms with Crippen molar-refractivity contribution in [2.24, 2.45) is 5.92 Å². The van der Waals surface area contributed by atoms with Crippen molar-refractivity contribution in [3.05, 3.63) is 28.2 Å². The van der Waals surface area contributed by atoms with E-state index in [1.165, 1.54) is 12.8 Å². The molecular weight excluding hydrogens is 383 g/mol. The van der Waals surface area contributed by atoms with E-state index in [1.54, 1.807) is 12.1 Å². The minimum atomic E-state index is 0. The van der Waals surface area contributed by atoms with Gasteiger partial charge in [-0.1, -0.05) is 23.2 Å². The molecule has 2 saturated heterocycles. The molecule has 4 nitrogen and oxygen atoms in total. The molecule has 2 aliphatic heterocycles. The van der Waals surface area contributed by atoms with Crippen molar-refractivity contribution >= 4 is 41.5 Å². The van der Waals surface area contributed by atoms with Crippen molar-refractivity contribution in [2.75, 3.05) is 26.2 Å². The molecule has 1 aromatic rings. The Balaban J connectivity index is 0.00000225. The maximum atomic E-state index is 12.4. The highest BCUT2D eigenvalue weighted by Crippen LogP contribution is 2.28.